The van der Waals surface area contributed by atoms with E-state index in [1.165, 1.54) is 0 Å². The number of carbonyl (C=O) groups excluding carboxylic acids is 1. The summed E-state index contributed by atoms with van der Waals surface area (Å²) in [5, 5.41) is 22.4. The van der Waals surface area contributed by atoms with E-state index in [0.717, 1.165) is 33.2 Å². The third-order valence-corrected chi connectivity index (χ3v) is 8.20. The second-order valence-corrected chi connectivity index (χ2v) is 12.6. The van der Waals surface area contributed by atoms with E-state index < -0.39 is 22.4 Å². The fourth-order valence-electron chi connectivity index (χ4n) is 4.88. The molecule has 7 nitrogen and oxygen atoms in total. The molecule has 0 saturated carbocycles. The summed E-state index contributed by atoms with van der Waals surface area (Å²) in [6, 6.07) is 18.0. The van der Waals surface area contributed by atoms with Crippen LogP contribution in [0.5, 0.6) is 0 Å². The summed E-state index contributed by atoms with van der Waals surface area (Å²) in [4.78, 5) is 25.3. The Labute approximate surface area is 241 Å². The lowest BCUT2D eigenvalue weighted by Gasteiger charge is -2.38. The van der Waals surface area contributed by atoms with Crippen molar-refractivity contribution in [2.75, 3.05) is 26.2 Å². The molecule has 2 aliphatic heterocycles. The molecule has 9 heteroatoms. The lowest BCUT2D eigenvalue weighted by Crippen LogP contribution is -2.46. The standard InChI is InChI=1S/C17H21BrN2O2.C12H14BrNO2/c1-16(2,3)22-15(21)20-10-8-17(12-19,9-11-20)13-4-6-14(18)7-5-13;13-10-3-1-9(2-4-10)12(11(15)16)5-7-14-8-6-12/h4-7H,8-11H2,1-3H3;1-4,14H,5-8H2,(H,15,16). The number of hydrogen-bond acceptors (Lipinski definition) is 5. The van der Waals surface area contributed by atoms with Gasteiger partial charge in [-0.3, -0.25) is 4.79 Å². The Hall–Kier alpha value is -2.41. The van der Waals surface area contributed by atoms with Gasteiger partial charge in [0.15, 0.2) is 0 Å². The number of aliphatic carboxylic acids is 1. The number of nitrogens with one attached hydrogen (secondary N) is 1. The number of ether oxygens (including phenoxy) is 1. The number of hydrogen-bond donors (Lipinski definition) is 2. The van der Waals surface area contributed by atoms with Crippen LogP contribution < -0.4 is 5.32 Å². The molecule has 2 fully saturated rings. The lowest BCUT2D eigenvalue weighted by atomic mass is 9.73. The molecule has 4 rings (SSSR count). The second-order valence-electron chi connectivity index (χ2n) is 10.8. The number of carbonyl (C=O) groups is 2. The highest BCUT2D eigenvalue weighted by Gasteiger charge is 2.41. The predicted molar refractivity (Wildman–Crippen MR) is 154 cm³/mol. The summed E-state index contributed by atoms with van der Waals surface area (Å²) < 4.78 is 7.37. The number of amides is 1. The number of nitrogens with zero attached hydrogens (tertiary/aromatic N) is 2. The number of nitriles is 1. The van der Waals surface area contributed by atoms with Gasteiger partial charge in [-0.2, -0.15) is 5.26 Å². The molecule has 2 heterocycles. The van der Waals surface area contributed by atoms with E-state index in [9.17, 15) is 20.0 Å². The molecule has 0 unspecified atom stereocenters. The Balaban J connectivity index is 0.000000221. The molecule has 0 aliphatic carbocycles. The topological polar surface area (TPSA) is 103 Å². The molecule has 2 N–H and O–H groups in total. The highest BCUT2D eigenvalue weighted by molar-refractivity contribution is 9.10. The first-order valence-electron chi connectivity index (χ1n) is 12.8. The summed E-state index contributed by atoms with van der Waals surface area (Å²) in [6.45, 7) is 8.19. The molecule has 2 saturated heterocycles. The molecular weight excluding hydrogens is 614 g/mol. The van der Waals surface area contributed by atoms with Crippen LogP contribution in [0.2, 0.25) is 0 Å². The van der Waals surface area contributed by atoms with Gasteiger partial charge in [-0.05, 0) is 94.9 Å². The molecule has 0 atom stereocenters. The van der Waals surface area contributed by atoms with Crippen LogP contribution >= 0.6 is 31.9 Å². The first kappa shape index (κ1) is 30.1. The van der Waals surface area contributed by atoms with Crippen molar-refractivity contribution < 1.29 is 19.4 Å². The number of piperidine rings is 2. The predicted octanol–water partition coefficient (Wildman–Crippen LogP) is 6.40. The maximum Gasteiger partial charge on any atom is 0.410 e. The van der Waals surface area contributed by atoms with Crippen molar-refractivity contribution in [2.24, 2.45) is 0 Å². The van der Waals surface area contributed by atoms with Gasteiger partial charge in [0.1, 0.15) is 5.60 Å². The fourth-order valence-corrected chi connectivity index (χ4v) is 5.41. The first-order valence-corrected chi connectivity index (χ1v) is 14.3. The van der Waals surface area contributed by atoms with Crippen LogP contribution in [0.25, 0.3) is 0 Å². The second kappa shape index (κ2) is 12.6. The molecule has 1 amide bonds. The maximum atomic E-state index is 12.1. The van der Waals surface area contributed by atoms with Crippen molar-refractivity contribution in [1.82, 2.24) is 10.2 Å². The van der Waals surface area contributed by atoms with Gasteiger partial charge >= 0.3 is 12.1 Å². The summed E-state index contributed by atoms with van der Waals surface area (Å²) in [5.74, 6) is -0.712. The summed E-state index contributed by atoms with van der Waals surface area (Å²) in [5.41, 5.74) is 0.212. The van der Waals surface area contributed by atoms with Crippen LogP contribution in [0, 0.1) is 11.3 Å². The summed E-state index contributed by atoms with van der Waals surface area (Å²) in [7, 11) is 0. The highest BCUT2D eigenvalue weighted by atomic mass is 79.9. The molecule has 2 aliphatic rings. The van der Waals surface area contributed by atoms with Gasteiger partial charge in [-0.25, -0.2) is 4.79 Å². The van der Waals surface area contributed by atoms with E-state index in [0.29, 0.717) is 38.8 Å². The molecule has 0 bridgehead atoms. The maximum absolute atomic E-state index is 12.1. The van der Waals surface area contributed by atoms with E-state index in [-0.39, 0.29) is 6.09 Å². The number of halogens is 2. The Morgan fingerprint density at radius 3 is 1.82 bits per heavy atom. The number of carboxylic acids is 1. The molecule has 0 radical (unpaired) electrons. The lowest BCUT2D eigenvalue weighted by molar-refractivity contribution is -0.145. The van der Waals surface area contributed by atoms with E-state index in [2.05, 4.69) is 43.2 Å². The fraction of sp³-hybridized carbons (Fsp3) is 0.483. The first-order chi connectivity index (χ1) is 17.9. The minimum absolute atomic E-state index is 0.296. The van der Waals surface area contributed by atoms with Crippen molar-refractivity contribution in [1.29, 1.82) is 5.26 Å². The molecule has 0 spiro atoms. The quantitative estimate of drug-likeness (QED) is 0.400. The van der Waals surface area contributed by atoms with Crippen molar-refractivity contribution in [3.8, 4) is 6.07 Å². The van der Waals surface area contributed by atoms with E-state index in [1.807, 2.05) is 69.3 Å². The van der Waals surface area contributed by atoms with Crippen molar-refractivity contribution in [3.63, 3.8) is 0 Å². The van der Waals surface area contributed by atoms with Crippen LogP contribution in [0.4, 0.5) is 4.79 Å². The van der Waals surface area contributed by atoms with Gasteiger partial charge in [0, 0.05) is 22.0 Å². The largest absolute Gasteiger partial charge is 0.481 e. The van der Waals surface area contributed by atoms with Crippen molar-refractivity contribution in [3.05, 3.63) is 68.6 Å². The van der Waals surface area contributed by atoms with Gasteiger partial charge in [-0.1, -0.05) is 56.1 Å². The van der Waals surface area contributed by atoms with Gasteiger partial charge in [0.2, 0.25) is 0 Å². The van der Waals surface area contributed by atoms with E-state index in [1.54, 1.807) is 4.90 Å². The zero-order chi connectivity index (χ0) is 28.0. The van der Waals surface area contributed by atoms with Gasteiger partial charge in [-0.15, -0.1) is 0 Å². The summed E-state index contributed by atoms with van der Waals surface area (Å²) >= 11 is 6.78. The van der Waals surface area contributed by atoms with Crippen LogP contribution in [-0.2, 0) is 20.4 Å². The monoisotopic (exact) mass is 647 g/mol. The minimum Gasteiger partial charge on any atom is -0.481 e. The third-order valence-electron chi connectivity index (χ3n) is 7.14. The average molecular weight is 649 g/mol. The number of rotatable bonds is 3. The van der Waals surface area contributed by atoms with Gasteiger partial charge < -0.3 is 20.1 Å². The number of likely N-dealkylation sites (tertiary alicyclic amines) is 1. The van der Waals surface area contributed by atoms with Crippen molar-refractivity contribution in [2.45, 2.75) is 62.9 Å². The molecule has 2 aromatic carbocycles. The normalized spacial score (nSPS) is 18.4. The zero-order valence-electron chi connectivity index (χ0n) is 22.1. The van der Waals surface area contributed by atoms with Crippen LogP contribution in [0.3, 0.4) is 0 Å². The average Bonchev–Trinajstić information content (AvgIpc) is 2.89. The number of benzene rings is 2. The minimum atomic E-state index is -0.712. The Bertz CT molecular complexity index is 1140. The molecule has 204 valence electrons. The molecule has 2 aromatic rings. The SMILES string of the molecule is CC(C)(C)OC(=O)N1CCC(C#N)(c2ccc(Br)cc2)CC1.O=C(O)C1(c2ccc(Br)cc2)CCNCC1. The highest BCUT2D eigenvalue weighted by Crippen LogP contribution is 2.36. The molecule has 0 aromatic heterocycles. The summed E-state index contributed by atoms with van der Waals surface area (Å²) in [6.07, 6.45) is 2.28. The van der Waals surface area contributed by atoms with Crippen molar-refractivity contribution >= 4 is 43.9 Å². The third kappa shape index (κ3) is 7.37. The van der Waals surface area contributed by atoms with Gasteiger partial charge in [0.05, 0.1) is 16.9 Å². The molecule has 38 heavy (non-hydrogen) atoms. The van der Waals surface area contributed by atoms with E-state index in [4.69, 9.17) is 4.74 Å². The van der Waals surface area contributed by atoms with Crippen LogP contribution in [0.15, 0.2) is 57.5 Å². The van der Waals surface area contributed by atoms with Crippen LogP contribution in [0.1, 0.15) is 57.6 Å². The zero-order valence-corrected chi connectivity index (χ0v) is 25.3. The van der Waals surface area contributed by atoms with Crippen LogP contribution in [-0.4, -0.2) is 53.8 Å². The van der Waals surface area contributed by atoms with Gasteiger partial charge in [0.25, 0.3) is 0 Å². The Kier molecular flexibility index (Phi) is 10.0. The Morgan fingerprint density at radius 2 is 1.39 bits per heavy atom. The molecular formula is C29H35Br2N3O4. The van der Waals surface area contributed by atoms with E-state index >= 15 is 0 Å². The number of carboxylic acid groups (broad SMARTS) is 1. The smallest absolute Gasteiger partial charge is 0.410 e. The Morgan fingerprint density at radius 1 is 0.921 bits per heavy atom.